The number of benzene rings is 1. The van der Waals surface area contributed by atoms with Crippen molar-refractivity contribution >= 4 is 17.9 Å². The molecule has 1 amide bonds. The molecule has 6 heteroatoms. The number of hydrogen-bond donors (Lipinski definition) is 0. The van der Waals surface area contributed by atoms with Gasteiger partial charge in [-0.25, -0.2) is 4.79 Å². The second-order valence-corrected chi connectivity index (χ2v) is 6.26. The molecular formula is C15H19NO4S. The van der Waals surface area contributed by atoms with Crippen molar-refractivity contribution in [3.63, 3.8) is 0 Å². The van der Waals surface area contributed by atoms with E-state index in [0.717, 1.165) is 36.8 Å². The zero-order valence-electron chi connectivity index (χ0n) is 12.0. The number of nitrogens with zero attached hydrogens (tertiary/aromatic N) is 1. The van der Waals surface area contributed by atoms with E-state index in [-0.39, 0.29) is 6.09 Å². The minimum absolute atomic E-state index is 0.204. The van der Waals surface area contributed by atoms with Gasteiger partial charge in [0.05, 0.1) is 6.61 Å². The molecule has 1 unspecified atom stereocenters. The zero-order valence-corrected chi connectivity index (χ0v) is 12.9. The van der Waals surface area contributed by atoms with Gasteiger partial charge in [0, 0.05) is 24.1 Å². The first kappa shape index (κ1) is 14.4. The van der Waals surface area contributed by atoms with Crippen molar-refractivity contribution in [1.29, 1.82) is 0 Å². The lowest BCUT2D eigenvalue weighted by Gasteiger charge is -2.19. The zero-order chi connectivity index (χ0) is 14.7. The predicted octanol–water partition coefficient (Wildman–Crippen LogP) is 3.05. The number of ether oxygens (including phenoxy) is 3. The topological polar surface area (TPSA) is 48.0 Å². The van der Waals surface area contributed by atoms with Crippen molar-refractivity contribution in [1.82, 2.24) is 4.90 Å². The Hall–Kier alpha value is -1.56. The Morgan fingerprint density at radius 2 is 2.24 bits per heavy atom. The maximum Gasteiger partial charge on any atom is 0.409 e. The number of amides is 1. The molecule has 0 aromatic heterocycles. The molecule has 1 atom stereocenters. The Balaban J connectivity index is 1.66. The van der Waals surface area contributed by atoms with Gasteiger partial charge < -0.3 is 19.1 Å². The SMILES string of the molecule is CCOC(=O)N1CCSC(c2ccc3c(c2)OCO3)CC1. The van der Waals surface area contributed by atoms with E-state index in [0.29, 0.717) is 18.6 Å². The van der Waals surface area contributed by atoms with Crippen molar-refractivity contribution in [3.05, 3.63) is 23.8 Å². The summed E-state index contributed by atoms with van der Waals surface area (Å²) in [6.45, 7) is 4.02. The molecule has 0 aliphatic carbocycles. The second kappa shape index (κ2) is 6.47. The van der Waals surface area contributed by atoms with Crippen LogP contribution in [-0.4, -0.2) is 43.2 Å². The molecule has 0 spiro atoms. The number of hydrogen-bond acceptors (Lipinski definition) is 5. The highest BCUT2D eigenvalue weighted by atomic mass is 32.2. The van der Waals surface area contributed by atoms with Gasteiger partial charge in [-0.2, -0.15) is 11.8 Å². The van der Waals surface area contributed by atoms with E-state index < -0.39 is 0 Å². The second-order valence-electron chi connectivity index (χ2n) is 4.95. The van der Waals surface area contributed by atoms with Crippen LogP contribution in [0.15, 0.2) is 18.2 Å². The molecule has 2 aliphatic rings. The van der Waals surface area contributed by atoms with Gasteiger partial charge in [-0.3, -0.25) is 0 Å². The van der Waals surface area contributed by atoms with Gasteiger partial charge in [-0.1, -0.05) is 6.07 Å². The number of fused-ring (bicyclic) bond motifs is 1. The first-order chi connectivity index (χ1) is 10.3. The van der Waals surface area contributed by atoms with Crippen LogP contribution in [-0.2, 0) is 4.74 Å². The highest BCUT2D eigenvalue weighted by molar-refractivity contribution is 7.99. The number of carbonyl (C=O) groups excluding carboxylic acids is 1. The van der Waals surface area contributed by atoms with Gasteiger partial charge in [-0.05, 0) is 31.0 Å². The van der Waals surface area contributed by atoms with Crippen molar-refractivity contribution in [2.45, 2.75) is 18.6 Å². The van der Waals surface area contributed by atoms with Crippen molar-refractivity contribution < 1.29 is 19.0 Å². The molecule has 0 N–H and O–H groups in total. The van der Waals surface area contributed by atoms with Crippen molar-refractivity contribution in [2.75, 3.05) is 32.2 Å². The standard InChI is InChI=1S/C15H19NO4S/c1-2-18-15(17)16-6-5-14(21-8-7-16)11-3-4-12-13(9-11)20-10-19-12/h3-4,9,14H,2,5-8,10H2,1H3. The average Bonchev–Trinajstić information content (AvgIpc) is 2.82. The maximum atomic E-state index is 11.8. The molecule has 5 nitrogen and oxygen atoms in total. The molecule has 3 rings (SSSR count). The minimum atomic E-state index is -0.204. The molecule has 114 valence electrons. The molecule has 2 aliphatic heterocycles. The molecule has 0 radical (unpaired) electrons. The lowest BCUT2D eigenvalue weighted by atomic mass is 10.1. The van der Waals surface area contributed by atoms with Crippen molar-refractivity contribution in [3.8, 4) is 11.5 Å². The largest absolute Gasteiger partial charge is 0.454 e. The lowest BCUT2D eigenvalue weighted by molar-refractivity contribution is 0.109. The van der Waals surface area contributed by atoms with Gasteiger partial charge >= 0.3 is 6.09 Å². The van der Waals surface area contributed by atoms with Crippen LogP contribution in [0.2, 0.25) is 0 Å². The van der Waals surface area contributed by atoms with Crippen LogP contribution >= 0.6 is 11.8 Å². The molecule has 1 fully saturated rings. The smallest absolute Gasteiger partial charge is 0.409 e. The average molecular weight is 309 g/mol. The third kappa shape index (κ3) is 3.20. The first-order valence-electron chi connectivity index (χ1n) is 7.21. The highest BCUT2D eigenvalue weighted by Crippen LogP contribution is 2.40. The summed E-state index contributed by atoms with van der Waals surface area (Å²) in [5, 5.41) is 0.374. The number of carbonyl (C=O) groups is 1. The first-order valence-corrected chi connectivity index (χ1v) is 8.25. The van der Waals surface area contributed by atoms with Gasteiger partial charge in [-0.15, -0.1) is 0 Å². The Kier molecular flexibility index (Phi) is 4.43. The van der Waals surface area contributed by atoms with Crippen LogP contribution in [0.3, 0.4) is 0 Å². The van der Waals surface area contributed by atoms with Crippen LogP contribution in [0.4, 0.5) is 4.79 Å². The fourth-order valence-electron chi connectivity index (χ4n) is 2.55. The monoisotopic (exact) mass is 309 g/mol. The van der Waals surface area contributed by atoms with E-state index in [2.05, 4.69) is 12.1 Å². The van der Waals surface area contributed by atoms with E-state index in [1.807, 2.05) is 24.8 Å². The predicted molar refractivity (Wildman–Crippen MR) is 81.0 cm³/mol. The van der Waals surface area contributed by atoms with Crippen LogP contribution in [0.1, 0.15) is 24.2 Å². The Bertz CT molecular complexity index is 522. The van der Waals surface area contributed by atoms with E-state index in [9.17, 15) is 4.79 Å². The van der Waals surface area contributed by atoms with E-state index in [1.165, 1.54) is 5.56 Å². The van der Waals surface area contributed by atoms with E-state index >= 15 is 0 Å². The Labute approximate surface area is 128 Å². The quantitative estimate of drug-likeness (QED) is 0.840. The summed E-state index contributed by atoms with van der Waals surface area (Å²) in [7, 11) is 0. The molecule has 1 aromatic rings. The summed E-state index contributed by atoms with van der Waals surface area (Å²) in [6, 6.07) is 6.11. The summed E-state index contributed by atoms with van der Waals surface area (Å²) in [6.07, 6.45) is 0.716. The molecule has 0 saturated carbocycles. The summed E-state index contributed by atoms with van der Waals surface area (Å²) >= 11 is 1.88. The highest BCUT2D eigenvalue weighted by Gasteiger charge is 2.24. The van der Waals surface area contributed by atoms with Crippen LogP contribution in [0, 0.1) is 0 Å². The van der Waals surface area contributed by atoms with Crippen LogP contribution in [0.25, 0.3) is 0 Å². The Morgan fingerprint density at radius 1 is 1.38 bits per heavy atom. The summed E-state index contributed by atoms with van der Waals surface area (Å²) in [5.41, 5.74) is 1.23. The van der Waals surface area contributed by atoms with Crippen LogP contribution < -0.4 is 9.47 Å². The number of thioether (sulfide) groups is 1. The molecule has 0 bridgehead atoms. The molecular weight excluding hydrogens is 290 g/mol. The van der Waals surface area contributed by atoms with Crippen molar-refractivity contribution in [2.24, 2.45) is 0 Å². The fourth-order valence-corrected chi connectivity index (χ4v) is 3.77. The van der Waals surface area contributed by atoms with Crippen LogP contribution in [0.5, 0.6) is 11.5 Å². The normalized spacial score (nSPS) is 21.0. The van der Waals surface area contributed by atoms with Gasteiger partial charge in [0.15, 0.2) is 11.5 Å². The molecule has 2 heterocycles. The lowest BCUT2D eigenvalue weighted by Crippen LogP contribution is -2.33. The summed E-state index contributed by atoms with van der Waals surface area (Å²) < 4.78 is 15.9. The van der Waals surface area contributed by atoms with E-state index in [4.69, 9.17) is 14.2 Å². The maximum absolute atomic E-state index is 11.8. The fraction of sp³-hybridized carbons (Fsp3) is 0.533. The minimum Gasteiger partial charge on any atom is -0.454 e. The summed E-state index contributed by atoms with van der Waals surface area (Å²) in [5.74, 6) is 2.54. The van der Waals surface area contributed by atoms with Gasteiger partial charge in [0.25, 0.3) is 0 Å². The Morgan fingerprint density at radius 3 is 3.10 bits per heavy atom. The summed E-state index contributed by atoms with van der Waals surface area (Å²) in [4.78, 5) is 13.6. The van der Waals surface area contributed by atoms with Gasteiger partial charge in [0.2, 0.25) is 6.79 Å². The molecule has 1 aromatic carbocycles. The van der Waals surface area contributed by atoms with E-state index in [1.54, 1.807) is 4.90 Å². The molecule has 21 heavy (non-hydrogen) atoms. The number of rotatable bonds is 2. The third-order valence-corrected chi connectivity index (χ3v) is 4.96. The van der Waals surface area contributed by atoms with Gasteiger partial charge in [0.1, 0.15) is 0 Å². The third-order valence-electron chi connectivity index (χ3n) is 3.64. The molecule has 1 saturated heterocycles.